The van der Waals surface area contributed by atoms with Crippen LogP contribution in [0, 0.1) is 27.7 Å². The van der Waals surface area contributed by atoms with Crippen molar-refractivity contribution in [3.05, 3.63) is 69.8 Å². The van der Waals surface area contributed by atoms with Crippen LogP contribution in [0.25, 0.3) is 0 Å². The number of carboxylic acid groups (broad SMARTS) is 2. The van der Waals surface area contributed by atoms with Crippen molar-refractivity contribution in [2.75, 3.05) is 0 Å². The first kappa shape index (κ1) is 21.0. The van der Waals surface area contributed by atoms with Crippen LogP contribution < -0.4 is 0 Å². The molecule has 2 rings (SSSR count). The normalized spacial score (nSPS) is 9.22. The van der Waals surface area contributed by atoms with Crippen molar-refractivity contribution in [3.8, 4) is 0 Å². The molecule has 0 saturated carbocycles. The second kappa shape index (κ2) is 9.21. The third-order valence-corrected chi connectivity index (χ3v) is 3.25. The number of aryl methyl sites for hydroxylation is 4. The molecule has 0 saturated heterocycles. The zero-order chi connectivity index (χ0) is 16.9. The van der Waals surface area contributed by atoms with Crippen molar-refractivity contribution in [3.63, 3.8) is 0 Å². The number of hydrogen-bond donors (Lipinski definition) is 2. The molecule has 0 unspecified atom stereocenters. The summed E-state index contributed by atoms with van der Waals surface area (Å²) in [6.45, 7) is 7.35. The molecule has 0 aromatic heterocycles. The summed E-state index contributed by atoms with van der Waals surface area (Å²) in [5.41, 5.74) is 4.36. The molecule has 0 radical (unpaired) electrons. The predicted molar refractivity (Wildman–Crippen MR) is 85.8 cm³/mol. The maximum atomic E-state index is 10.6. The van der Waals surface area contributed by atoms with Gasteiger partial charge in [0.15, 0.2) is 0 Å². The minimum atomic E-state index is -0.855. The van der Waals surface area contributed by atoms with E-state index in [1.54, 1.807) is 26.0 Å². The first-order valence-electron chi connectivity index (χ1n) is 6.83. The first-order chi connectivity index (χ1) is 10.2. The molecule has 2 aromatic rings. The van der Waals surface area contributed by atoms with Crippen LogP contribution in [0.2, 0.25) is 0 Å². The molecule has 0 aliphatic carbocycles. The van der Waals surface area contributed by atoms with E-state index in [1.807, 2.05) is 38.1 Å². The fraction of sp³-hybridized carbons (Fsp3) is 0.222. The Kier molecular flexibility index (Phi) is 8.41. The molecule has 0 spiro atoms. The van der Waals surface area contributed by atoms with Crippen LogP contribution in [0.15, 0.2) is 36.4 Å². The van der Waals surface area contributed by atoms with Gasteiger partial charge in [-0.15, -0.1) is 0 Å². The SMILES string of the molecule is Cc1ccc(C)c(C(=O)O)c1.Cc1ccc(C)c(C(=O)O)c1.[Zn]. The monoisotopic (exact) mass is 364 g/mol. The Bertz CT molecular complexity index is 647. The molecule has 0 bridgehead atoms. The molecule has 0 aliphatic rings. The Balaban J connectivity index is 0.000000403. The van der Waals surface area contributed by atoms with Crippen LogP contribution in [0.3, 0.4) is 0 Å². The Morgan fingerprint density at radius 3 is 1.22 bits per heavy atom. The average Bonchev–Trinajstić information content (AvgIpc) is 2.44. The van der Waals surface area contributed by atoms with E-state index in [1.165, 1.54) is 0 Å². The van der Waals surface area contributed by atoms with Crippen molar-refractivity contribution >= 4 is 11.9 Å². The average molecular weight is 366 g/mol. The van der Waals surface area contributed by atoms with Crippen molar-refractivity contribution < 1.29 is 39.3 Å². The second-order valence-electron chi connectivity index (χ2n) is 5.25. The van der Waals surface area contributed by atoms with E-state index in [0.717, 1.165) is 22.3 Å². The van der Waals surface area contributed by atoms with Crippen molar-refractivity contribution in [2.24, 2.45) is 0 Å². The molecule has 4 nitrogen and oxygen atoms in total. The molecule has 118 valence electrons. The molecule has 5 heteroatoms. The molecular formula is C18H20O4Zn. The maximum Gasteiger partial charge on any atom is 0.335 e. The summed E-state index contributed by atoms with van der Waals surface area (Å²) in [4.78, 5) is 21.1. The smallest absolute Gasteiger partial charge is 0.335 e. The van der Waals surface area contributed by atoms with Gasteiger partial charge in [-0.2, -0.15) is 0 Å². The third kappa shape index (κ3) is 6.33. The van der Waals surface area contributed by atoms with E-state index in [4.69, 9.17) is 10.2 Å². The van der Waals surface area contributed by atoms with Gasteiger partial charge in [0.2, 0.25) is 0 Å². The van der Waals surface area contributed by atoms with Gasteiger partial charge in [0.1, 0.15) is 0 Å². The number of benzene rings is 2. The molecular weight excluding hydrogens is 346 g/mol. The Morgan fingerprint density at radius 1 is 0.696 bits per heavy atom. The summed E-state index contributed by atoms with van der Waals surface area (Å²) >= 11 is 0. The molecule has 0 amide bonds. The topological polar surface area (TPSA) is 74.6 Å². The number of carboxylic acids is 2. The van der Waals surface area contributed by atoms with Crippen LogP contribution in [0.4, 0.5) is 0 Å². The molecule has 2 aromatic carbocycles. The second-order valence-corrected chi connectivity index (χ2v) is 5.25. The van der Waals surface area contributed by atoms with Gasteiger partial charge >= 0.3 is 11.9 Å². The predicted octanol–water partition coefficient (Wildman–Crippen LogP) is 4.00. The van der Waals surface area contributed by atoms with Crippen molar-refractivity contribution in [1.82, 2.24) is 0 Å². The number of hydrogen-bond acceptors (Lipinski definition) is 2. The molecule has 2 N–H and O–H groups in total. The van der Waals surface area contributed by atoms with E-state index in [2.05, 4.69) is 0 Å². The summed E-state index contributed by atoms with van der Waals surface area (Å²) < 4.78 is 0. The summed E-state index contributed by atoms with van der Waals surface area (Å²) in [5, 5.41) is 17.4. The van der Waals surface area contributed by atoms with Gasteiger partial charge in [0, 0.05) is 19.5 Å². The summed E-state index contributed by atoms with van der Waals surface area (Å²) in [7, 11) is 0. The largest absolute Gasteiger partial charge is 0.478 e. The van der Waals surface area contributed by atoms with Crippen LogP contribution in [0.5, 0.6) is 0 Å². The molecule has 0 atom stereocenters. The first-order valence-corrected chi connectivity index (χ1v) is 6.83. The van der Waals surface area contributed by atoms with E-state index in [0.29, 0.717) is 11.1 Å². The molecule has 0 fully saturated rings. The fourth-order valence-corrected chi connectivity index (χ4v) is 1.93. The van der Waals surface area contributed by atoms with Crippen LogP contribution in [-0.4, -0.2) is 22.2 Å². The van der Waals surface area contributed by atoms with Gasteiger partial charge in [-0.1, -0.05) is 35.4 Å². The zero-order valence-corrected chi connectivity index (χ0v) is 16.8. The molecule has 0 heterocycles. The summed E-state index contributed by atoms with van der Waals surface area (Å²) in [6, 6.07) is 10.8. The van der Waals surface area contributed by atoms with E-state index >= 15 is 0 Å². The van der Waals surface area contributed by atoms with Gasteiger partial charge < -0.3 is 10.2 Å². The Morgan fingerprint density at radius 2 is 1.00 bits per heavy atom. The third-order valence-electron chi connectivity index (χ3n) is 3.25. The Hall–Kier alpha value is -2.00. The van der Waals surface area contributed by atoms with Crippen LogP contribution in [-0.2, 0) is 19.5 Å². The Labute approximate surface area is 148 Å². The number of aromatic carboxylic acids is 2. The van der Waals surface area contributed by atoms with Crippen molar-refractivity contribution in [1.29, 1.82) is 0 Å². The van der Waals surface area contributed by atoms with Gasteiger partial charge in [0.25, 0.3) is 0 Å². The van der Waals surface area contributed by atoms with Gasteiger partial charge in [-0.05, 0) is 51.0 Å². The number of carbonyl (C=O) groups is 2. The van der Waals surface area contributed by atoms with E-state index in [9.17, 15) is 9.59 Å². The van der Waals surface area contributed by atoms with Crippen LogP contribution in [0.1, 0.15) is 43.0 Å². The zero-order valence-electron chi connectivity index (χ0n) is 13.9. The van der Waals surface area contributed by atoms with Gasteiger partial charge in [-0.3, -0.25) is 0 Å². The maximum absolute atomic E-state index is 10.6. The molecule has 0 aliphatic heterocycles. The van der Waals surface area contributed by atoms with E-state index in [-0.39, 0.29) is 19.5 Å². The summed E-state index contributed by atoms with van der Waals surface area (Å²) in [5.74, 6) is -1.71. The minimum Gasteiger partial charge on any atom is -0.478 e. The standard InChI is InChI=1S/2C9H10O2.Zn/c2*1-6-3-4-7(2)8(5-6)9(10)11;/h2*3-5H,1-2H3,(H,10,11);. The van der Waals surface area contributed by atoms with Crippen LogP contribution >= 0.6 is 0 Å². The minimum absolute atomic E-state index is 0. The van der Waals surface area contributed by atoms with Gasteiger partial charge in [-0.25, -0.2) is 9.59 Å². The fourth-order valence-electron chi connectivity index (χ4n) is 1.93. The van der Waals surface area contributed by atoms with Crippen molar-refractivity contribution in [2.45, 2.75) is 27.7 Å². The molecule has 23 heavy (non-hydrogen) atoms. The van der Waals surface area contributed by atoms with Gasteiger partial charge in [0.05, 0.1) is 11.1 Å². The quantitative estimate of drug-likeness (QED) is 0.789. The van der Waals surface area contributed by atoms with E-state index < -0.39 is 11.9 Å². The number of rotatable bonds is 2. The summed E-state index contributed by atoms with van der Waals surface area (Å²) in [6.07, 6.45) is 0.